The van der Waals surface area contributed by atoms with Gasteiger partial charge in [0.05, 0.1) is 22.0 Å². The summed E-state index contributed by atoms with van der Waals surface area (Å²) >= 11 is 6.04. The molecular weight excluding hydrogens is 455 g/mol. The second-order valence-electron chi connectivity index (χ2n) is 6.21. The molecule has 0 saturated heterocycles. The van der Waals surface area contributed by atoms with Crippen LogP contribution in [0.5, 0.6) is 5.75 Å². The highest BCUT2D eigenvalue weighted by molar-refractivity contribution is 6.33. The van der Waals surface area contributed by atoms with Crippen LogP contribution in [0.25, 0.3) is 0 Å². The van der Waals surface area contributed by atoms with Gasteiger partial charge in [-0.15, -0.1) is 0 Å². The first-order valence-corrected chi connectivity index (χ1v) is 8.64. The standard InChI is InChI=1S/C20H9ClF7NO2/c1-7-2-3-12(9(21)4-7)29-13-6-11(23)10(22)5-8(13)20(30)31-19-17(27)15(25)14(24)16(26)18(19)28/h2-6,29H,1H3. The number of benzene rings is 3. The first-order chi connectivity index (χ1) is 14.5. The molecular formula is C20H9ClF7NO2. The minimum Gasteiger partial charge on any atom is -0.416 e. The van der Waals surface area contributed by atoms with Crippen LogP contribution in [-0.2, 0) is 0 Å². The summed E-state index contributed by atoms with van der Waals surface area (Å²) in [5.74, 6) is -18.6. The molecule has 0 aliphatic rings. The number of aryl methyl sites for hydroxylation is 1. The Hall–Kier alpha value is -3.27. The van der Waals surface area contributed by atoms with Crippen LogP contribution in [0.4, 0.5) is 42.1 Å². The molecule has 3 aromatic rings. The molecule has 0 aliphatic heterocycles. The van der Waals surface area contributed by atoms with Crippen LogP contribution < -0.4 is 10.1 Å². The summed E-state index contributed by atoms with van der Waals surface area (Å²) in [5, 5.41) is 2.66. The molecule has 0 radical (unpaired) electrons. The number of nitrogens with one attached hydrogen (secondary N) is 1. The van der Waals surface area contributed by atoms with Crippen molar-refractivity contribution in [1.29, 1.82) is 0 Å². The summed E-state index contributed by atoms with van der Waals surface area (Å²) in [5.41, 5.74) is -0.353. The van der Waals surface area contributed by atoms with Crippen molar-refractivity contribution in [2.45, 2.75) is 6.92 Å². The Morgan fingerprint density at radius 3 is 1.94 bits per heavy atom. The highest BCUT2D eigenvalue weighted by Crippen LogP contribution is 2.33. The van der Waals surface area contributed by atoms with Crippen molar-refractivity contribution < 1.29 is 40.3 Å². The van der Waals surface area contributed by atoms with Crippen molar-refractivity contribution >= 4 is 28.9 Å². The van der Waals surface area contributed by atoms with Gasteiger partial charge in [-0.3, -0.25) is 0 Å². The van der Waals surface area contributed by atoms with Crippen molar-refractivity contribution in [3.63, 3.8) is 0 Å². The Morgan fingerprint density at radius 1 is 0.806 bits per heavy atom. The third-order valence-corrected chi connectivity index (χ3v) is 4.35. The van der Waals surface area contributed by atoms with Gasteiger partial charge in [0, 0.05) is 6.07 Å². The van der Waals surface area contributed by atoms with Gasteiger partial charge in [-0.25, -0.2) is 26.7 Å². The van der Waals surface area contributed by atoms with Crippen LogP contribution in [0.15, 0.2) is 30.3 Å². The number of anilines is 2. The zero-order chi connectivity index (χ0) is 23.0. The molecule has 3 nitrogen and oxygen atoms in total. The largest absolute Gasteiger partial charge is 0.416 e. The topological polar surface area (TPSA) is 38.3 Å². The van der Waals surface area contributed by atoms with E-state index in [1.807, 2.05) is 0 Å². The van der Waals surface area contributed by atoms with E-state index >= 15 is 0 Å². The fourth-order valence-corrected chi connectivity index (χ4v) is 2.79. The van der Waals surface area contributed by atoms with Gasteiger partial charge in [0.15, 0.2) is 11.6 Å². The van der Waals surface area contributed by atoms with Crippen LogP contribution >= 0.6 is 11.6 Å². The number of hydrogen-bond donors (Lipinski definition) is 1. The maximum atomic E-state index is 13.8. The van der Waals surface area contributed by atoms with Crippen LogP contribution in [0, 0.1) is 47.6 Å². The van der Waals surface area contributed by atoms with E-state index in [-0.39, 0.29) is 10.7 Å². The molecule has 0 aliphatic carbocycles. The lowest BCUT2D eigenvalue weighted by atomic mass is 10.1. The Bertz CT molecular complexity index is 1190. The van der Waals surface area contributed by atoms with Crippen LogP contribution in [0.3, 0.4) is 0 Å². The van der Waals surface area contributed by atoms with Crippen molar-refractivity contribution in [3.05, 3.63) is 87.2 Å². The molecule has 1 N–H and O–H groups in total. The number of carbonyl (C=O) groups is 1. The third kappa shape index (κ3) is 4.29. The molecule has 162 valence electrons. The molecule has 3 aromatic carbocycles. The Balaban J connectivity index is 2.05. The van der Waals surface area contributed by atoms with E-state index < -0.39 is 63.7 Å². The Morgan fingerprint density at radius 2 is 1.35 bits per heavy atom. The SMILES string of the molecule is Cc1ccc(Nc2cc(F)c(F)cc2C(=O)Oc2c(F)c(F)c(F)c(F)c2F)c(Cl)c1. The maximum absolute atomic E-state index is 13.8. The Labute approximate surface area is 175 Å². The van der Waals surface area contributed by atoms with Gasteiger partial charge in [0.25, 0.3) is 0 Å². The number of ether oxygens (including phenoxy) is 1. The van der Waals surface area contributed by atoms with Crippen LogP contribution in [-0.4, -0.2) is 5.97 Å². The second-order valence-corrected chi connectivity index (χ2v) is 6.62. The molecule has 0 bridgehead atoms. The highest BCUT2D eigenvalue weighted by Gasteiger charge is 2.30. The zero-order valence-corrected chi connectivity index (χ0v) is 16.0. The van der Waals surface area contributed by atoms with Gasteiger partial charge in [0.1, 0.15) is 0 Å². The minimum absolute atomic E-state index is 0.129. The fourth-order valence-electron chi connectivity index (χ4n) is 2.51. The molecule has 0 unspecified atom stereocenters. The molecule has 31 heavy (non-hydrogen) atoms. The lowest BCUT2D eigenvalue weighted by molar-refractivity contribution is 0.0716. The molecule has 0 heterocycles. The van der Waals surface area contributed by atoms with Crippen molar-refractivity contribution in [2.24, 2.45) is 0 Å². The first-order valence-electron chi connectivity index (χ1n) is 8.27. The normalized spacial score (nSPS) is 10.9. The molecule has 3 rings (SSSR count). The monoisotopic (exact) mass is 463 g/mol. The molecule has 0 fully saturated rings. The summed E-state index contributed by atoms with van der Waals surface area (Å²) in [7, 11) is 0. The van der Waals surface area contributed by atoms with E-state index in [2.05, 4.69) is 10.1 Å². The van der Waals surface area contributed by atoms with E-state index in [4.69, 9.17) is 11.6 Å². The second kappa shape index (κ2) is 8.46. The predicted octanol–water partition coefficient (Wildman–Crippen LogP) is 6.58. The maximum Gasteiger partial charge on any atom is 0.345 e. The summed E-state index contributed by atoms with van der Waals surface area (Å²) in [6.07, 6.45) is 0. The average Bonchev–Trinajstić information content (AvgIpc) is 2.72. The van der Waals surface area contributed by atoms with Gasteiger partial charge < -0.3 is 10.1 Å². The zero-order valence-electron chi connectivity index (χ0n) is 15.2. The van der Waals surface area contributed by atoms with Gasteiger partial charge in [-0.05, 0) is 30.7 Å². The van der Waals surface area contributed by atoms with E-state index in [9.17, 15) is 35.5 Å². The number of carbonyl (C=O) groups excluding carboxylic acids is 1. The summed E-state index contributed by atoms with van der Waals surface area (Å²) in [6, 6.07) is 5.41. The van der Waals surface area contributed by atoms with Gasteiger partial charge in [-0.2, -0.15) is 8.78 Å². The molecule has 0 amide bonds. The van der Waals surface area contributed by atoms with E-state index in [0.717, 1.165) is 5.56 Å². The first kappa shape index (κ1) is 22.4. The van der Waals surface area contributed by atoms with E-state index in [1.165, 1.54) is 12.1 Å². The molecule has 0 saturated carbocycles. The summed E-state index contributed by atoms with van der Waals surface area (Å²) in [6.45, 7) is 1.72. The average molecular weight is 464 g/mol. The van der Waals surface area contributed by atoms with Gasteiger partial charge >= 0.3 is 5.97 Å². The Kier molecular flexibility index (Phi) is 6.12. The van der Waals surface area contributed by atoms with Crippen molar-refractivity contribution in [3.8, 4) is 5.75 Å². The highest BCUT2D eigenvalue weighted by atomic mass is 35.5. The summed E-state index contributed by atoms with van der Waals surface area (Å²) in [4.78, 5) is 12.4. The molecule has 0 aromatic heterocycles. The van der Waals surface area contributed by atoms with E-state index in [0.29, 0.717) is 12.1 Å². The van der Waals surface area contributed by atoms with Gasteiger partial charge in [-0.1, -0.05) is 17.7 Å². The fraction of sp³-hybridized carbons (Fsp3) is 0.0500. The molecule has 11 heteroatoms. The summed E-state index contributed by atoms with van der Waals surface area (Å²) < 4.78 is 99.1. The van der Waals surface area contributed by atoms with Crippen LogP contribution in [0.2, 0.25) is 5.02 Å². The van der Waals surface area contributed by atoms with Crippen molar-refractivity contribution in [1.82, 2.24) is 0 Å². The lowest BCUT2D eigenvalue weighted by Gasteiger charge is -2.14. The minimum atomic E-state index is -2.46. The number of hydrogen-bond acceptors (Lipinski definition) is 3. The van der Waals surface area contributed by atoms with Gasteiger partial charge in [0.2, 0.25) is 34.8 Å². The number of esters is 1. The lowest BCUT2D eigenvalue weighted by Crippen LogP contribution is -2.16. The molecule has 0 spiro atoms. The molecule has 0 atom stereocenters. The third-order valence-electron chi connectivity index (χ3n) is 4.04. The smallest absolute Gasteiger partial charge is 0.345 e. The van der Waals surface area contributed by atoms with Crippen molar-refractivity contribution in [2.75, 3.05) is 5.32 Å². The van der Waals surface area contributed by atoms with E-state index in [1.54, 1.807) is 13.0 Å². The van der Waals surface area contributed by atoms with Crippen LogP contribution in [0.1, 0.15) is 15.9 Å². The number of rotatable bonds is 4. The quantitative estimate of drug-likeness (QED) is 0.156. The number of halogens is 8. The predicted molar refractivity (Wildman–Crippen MR) is 97.0 cm³/mol.